The fourth-order valence-corrected chi connectivity index (χ4v) is 4.61. The lowest BCUT2D eigenvalue weighted by molar-refractivity contribution is -0.916. The molecule has 3 aliphatic heterocycles. The van der Waals surface area contributed by atoms with Crippen LogP contribution in [0.3, 0.4) is 0 Å². The molecule has 0 saturated carbocycles. The Morgan fingerprint density at radius 1 is 1.58 bits per heavy atom. The van der Waals surface area contributed by atoms with Gasteiger partial charge in [-0.2, -0.15) is 0 Å². The van der Waals surface area contributed by atoms with Gasteiger partial charge in [0.15, 0.2) is 0 Å². The van der Waals surface area contributed by atoms with Crippen LogP contribution in [-0.2, 0) is 14.3 Å². The summed E-state index contributed by atoms with van der Waals surface area (Å²) in [6.07, 6.45) is 7.65. The largest absolute Gasteiger partial charge is 0.430 e. The quantitative estimate of drug-likeness (QED) is 0.218. The molecule has 6 nitrogen and oxygen atoms in total. The van der Waals surface area contributed by atoms with Gasteiger partial charge < -0.3 is 14.3 Å². The van der Waals surface area contributed by atoms with Crippen LogP contribution >= 0.6 is 35.7 Å². The van der Waals surface area contributed by atoms with Gasteiger partial charge in [0.2, 0.25) is 5.91 Å². The molecule has 0 bridgehead atoms. The minimum atomic E-state index is -0.470. The molecule has 2 saturated heterocycles. The van der Waals surface area contributed by atoms with Gasteiger partial charge in [0, 0.05) is 24.7 Å². The van der Waals surface area contributed by atoms with Gasteiger partial charge in [-0.15, -0.1) is 35.7 Å². The normalized spacial score (nSPS) is 32.0. The van der Waals surface area contributed by atoms with E-state index in [1.54, 1.807) is 17.8 Å². The average molecular weight is 467 g/mol. The van der Waals surface area contributed by atoms with Gasteiger partial charge in [-0.05, 0) is 6.08 Å². The number of nitrogens with zero attached hydrogens (tertiary/aromatic N) is 2. The number of esters is 1. The maximum absolute atomic E-state index is 12.1. The minimum Gasteiger partial charge on any atom is -0.430 e. The Balaban J connectivity index is 0.00000208. The Labute approximate surface area is 163 Å². The van der Waals surface area contributed by atoms with Crippen molar-refractivity contribution in [3.8, 4) is 0 Å². The van der Waals surface area contributed by atoms with E-state index in [4.69, 9.17) is 4.74 Å². The molecule has 1 N–H and O–H groups in total. The number of likely N-dealkylation sites (N-methyl/N-ethyl adjacent to an activating group) is 1. The van der Waals surface area contributed by atoms with Crippen LogP contribution in [0.2, 0.25) is 0 Å². The highest BCUT2D eigenvalue weighted by Crippen LogP contribution is 2.37. The highest BCUT2D eigenvalue weighted by atomic mass is 127. The van der Waals surface area contributed by atoms with Crippen LogP contribution in [0.15, 0.2) is 24.1 Å². The summed E-state index contributed by atoms with van der Waals surface area (Å²) in [6.45, 7) is 1.93. The number of hydrogen-bond acceptors (Lipinski definition) is 5. The number of hydrogen-bond donors (Lipinski definition) is 1. The standard InChI is InChI=1S/C16H23N2O4S.HI/c1-18(6-2-4-12(18)11-19)7-3-8-22-16(21)13-5-9-23-15-10-14(20)17(13)15;/h3,5,8,12,15,19H,2,4,6-7,9-11H2,1H3;1H/q+1;/t12-,15?,18-;/m0./s1. The highest BCUT2D eigenvalue weighted by Gasteiger charge is 2.43. The SMILES string of the molecule is C[N@@+]1(CC=COC(=O)C2=CCSC3CC(=O)N23)CCC[C@H]1CO.I. The first-order chi connectivity index (χ1) is 11.0. The Morgan fingerprint density at radius 2 is 2.38 bits per heavy atom. The fourth-order valence-electron chi connectivity index (χ4n) is 3.49. The van der Waals surface area contributed by atoms with Crippen molar-refractivity contribution in [1.82, 2.24) is 4.90 Å². The van der Waals surface area contributed by atoms with E-state index in [0.29, 0.717) is 12.1 Å². The Kier molecular flexibility index (Phi) is 6.74. The minimum absolute atomic E-state index is 0. The molecule has 1 amide bonds. The van der Waals surface area contributed by atoms with Crippen LogP contribution in [0.5, 0.6) is 0 Å². The molecular formula is C16H24IN2O4S+. The van der Waals surface area contributed by atoms with Crippen molar-refractivity contribution in [2.75, 3.05) is 32.5 Å². The predicted octanol–water partition coefficient (Wildman–Crippen LogP) is 1.45. The molecule has 134 valence electrons. The van der Waals surface area contributed by atoms with Gasteiger partial charge in [-0.3, -0.25) is 9.69 Å². The highest BCUT2D eigenvalue weighted by molar-refractivity contribution is 14.0. The van der Waals surface area contributed by atoms with Crippen molar-refractivity contribution in [1.29, 1.82) is 0 Å². The van der Waals surface area contributed by atoms with Gasteiger partial charge in [-0.25, -0.2) is 4.79 Å². The van der Waals surface area contributed by atoms with E-state index in [0.717, 1.165) is 36.2 Å². The zero-order valence-electron chi connectivity index (χ0n) is 13.7. The summed E-state index contributed by atoms with van der Waals surface area (Å²) in [6, 6.07) is 0.257. The second-order valence-corrected chi connectivity index (χ2v) is 7.70. The molecule has 8 heteroatoms. The average Bonchev–Trinajstić information content (AvgIpc) is 2.90. The molecule has 1 unspecified atom stereocenters. The number of aliphatic hydroxyl groups excluding tert-OH is 1. The van der Waals surface area contributed by atoms with Crippen molar-refractivity contribution in [2.45, 2.75) is 30.7 Å². The van der Waals surface area contributed by atoms with E-state index >= 15 is 0 Å². The van der Waals surface area contributed by atoms with E-state index < -0.39 is 5.97 Å². The number of carbonyl (C=O) groups is 2. The molecule has 3 atom stereocenters. The Bertz CT molecular complexity index is 568. The Hall–Kier alpha value is -0.580. The van der Waals surface area contributed by atoms with E-state index in [-0.39, 0.29) is 47.9 Å². The molecule has 3 heterocycles. The van der Waals surface area contributed by atoms with Crippen molar-refractivity contribution in [3.05, 3.63) is 24.1 Å². The third-order valence-corrected chi connectivity index (χ3v) is 6.15. The van der Waals surface area contributed by atoms with Gasteiger partial charge in [0.1, 0.15) is 18.3 Å². The summed E-state index contributed by atoms with van der Waals surface area (Å²) in [5.41, 5.74) is 0.365. The lowest BCUT2D eigenvalue weighted by Gasteiger charge is -2.42. The number of amides is 1. The first-order valence-electron chi connectivity index (χ1n) is 8.00. The number of halogens is 1. The smallest absolute Gasteiger partial charge is 0.359 e. The summed E-state index contributed by atoms with van der Waals surface area (Å²) in [7, 11) is 2.12. The van der Waals surface area contributed by atoms with Crippen LogP contribution in [0.4, 0.5) is 0 Å². The maximum atomic E-state index is 12.1. The third kappa shape index (κ3) is 3.81. The topological polar surface area (TPSA) is 66.8 Å². The second kappa shape index (κ2) is 8.20. The maximum Gasteiger partial charge on any atom is 0.359 e. The van der Waals surface area contributed by atoms with Crippen LogP contribution < -0.4 is 0 Å². The third-order valence-electron chi connectivity index (χ3n) is 5.03. The van der Waals surface area contributed by atoms with Crippen molar-refractivity contribution >= 4 is 47.6 Å². The molecule has 0 spiro atoms. The predicted molar refractivity (Wildman–Crippen MR) is 102 cm³/mol. The fraction of sp³-hybridized carbons (Fsp3) is 0.625. The summed E-state index contributed by atoms with van der Waals surface area (Å²) < 4.78 is 5.97. The number of likely N-dealkylation sites (tertiary alicyclic amines) is 1. The first kappa shape index (κ1) is 19.7. The second-order valence-electron chi connectivity index (χ2n) is 6.49. The monoisotopic (exact) mass is 467 g/mol. The first-order valence-corrected chi connectivity index (χ1v) is 9.05. The number of aliphatic hydroxyl groups is 1. The van der Waals surface area contributed by atoms with E-state index in [1.165, 1.54) is 11.2 Å². The van der Waals surface area contributed by atoms with Gasteiger partial charge in [0.25, 0.3) is 0 Å². The molecule has 24 heavy (non-hydrogen) atoms. The van der Waals surface area contributed by atoms with E-state index in [1.807, 2.05) is 6.08 Å². The van der Waals surface area contributed by atoms with Gasteiger partial charge in [-0.1, -0.05) is 0 Å². The molecule has 0 aromatic carbocycles. The molecule has 0 aromatic heterocycles. The molecule has 3 rings (SSSR count). The number of β-lactam (4-membered cyclic amide) rings is 1. The zero-order chi connectivity index (χ0) is 16.4. The van der Waals surface area contributed by atoms with Gasteiger partial charge in [0.05, 0.1) is 38.3 Å². The number of thioether (sulfide) groups is 1. The van der Waals surface area contributed by atoms with Crippen LogP contribution in [0.25, 0.3) is 0 Å². The molecule has 0 radical (unpaired) electrons. The number of quaternary nitrogens is 1. The van der Waals surface area contributed by atoms with Crippen molar-refractivity contribution < 1.29 is 23.9 Å². The number of rotatable bonds is 5. The van der Waals surface area contributed by atoms with Gasteiger partial charge >= 0.3 is 5.97 Å². The lowest BCUT2D eigenvalue weighted by atomic mass is 10.1. The molecular weight excluding hydrogens is 443 g/mol. The zero-order valence-corrected chi connectivity index (χ0v) is 16.9. The molecule has 2 fully saturated rings. The number of ether oxygens (including phenoxy) is 1. The van der Waals surface area contributed by atoms with Crippen LogP contribution in [-0.4, -0.2) is 70.3 Å². The molecule has 3 aliphatic rings. The number of fused-ring (bicyclic) bond motifs is 1. The molecule has 0 aliphatic carbocycles. The van der Waals surface area contributed by atoms with Crippen molar-refractivity contribution in [3.63, 3.8) is 0 Å². The van der Waals surface area contributed by atoms with E-state index in [2.05, 4.69) is 7.05 Å². The van der Waals surface area contributed by atoms with E-state index in [9.17, 15) is 14.7 Å². The van der Waals surface area contributed by atoms with Crippen LogP contribution in [0.1, 0.15) is 19.3 Å². The number of carbonyl (C=O) groups excluding carboxylic acids is 2. The molecule has 0 aromatic rings. The summed E-state index contributed by atoms with van der Waals surface area (Å²) in [5, 5.41) is 9.53. The summed E-state index contributed by atoms with van der Waals surface area (Å²) in [5.74, 6) is 0.244. The Morgan fingerprint density at radius 3 is 3.08 bits per heavy atom. The lowest BCUT2D eigenvalue weighted by Crippen LogP contribution is -2.53. The van der Waals surface area contributed by atoms with Crippen molar-refractivity contribution in [2.24, 2.45) is 0 Å². The van der Waals surface area contributed by atoms with Crippen LogP contribution in [0, 0.1) is 0 Å². The summed E-state index contributed by atoms with van der Waals surface area (Å²) >= 11 is 1.66. The summed E-state index contributed by atoms with van der Waals surface area (Å²) in [4.78, 5) is 25.3.